The van der Waals surface area contributed by atoms with Crippen LogP contribution in [0.15, 0.2) is 24.3 Å². The van der Waals surface area contributed by atoms with Crippen molar-refractivity contribution < 1.29 is 24.3 Å². The number of carbonyl (C=O) groups excluding carboxylic acids is 4. The average Bonchev–Trinajstić information content (AvgIpc) is 3.07. The first-order valence-corrected chi connectivity index (χ1v) is 9.64. The summed E-state index contributed by atoms with van der Waals surface area (Å²) in [6.45, 7) is 1.71. The van der Waals surface area contributed by atoms with Gasteiger partial charge in [-0.3, -0.25) is 19.2 Å². The van der Waals surface area contributed by atoms with E-state index >= 15 is 0 Å². The van der Waals surface area contributed by atoms with Gasteiger partial charge in [-0.2, -0.15) is 0 Å². The van der Waals surface area contributed by atoms with Gasteiger partial charge >= 0.3 is 0 Å². The van der Waals surface area contributed by atoms with Crippen molar-refractivity contribution in [3.63, 3.8) is 0 Å². The number of nitrogens with zero attached hydrogens (tertiary/aromatic N) is 1. The van der Waals surface area contributed by atoms with Crippen LogP contribution in [0.5, 0.6) is 0 Å². The van der Waals surface area contributed by atoms with E-state index in [4.69, 9.17) is 11.6 Å². The van der Waals surface area contributed by atoms with Gasteiger partial charge in [-0.05, 0) is 24.1 Å². The van der Waals surface area contributed by atoms with Crippen molar-refractivity contribution in [1.29, 1.82) is 0 Å². The zero-order valence-corrected chi connectivity index (χ0v) is 16.8. The Hall–Kier alpha value is -2.65. The summed E-state index contributed by atoms with van der Waals surface area (Å²) in [6, 6.07) is 5.23. The molecule has 29 heavy (non-hydrogen) atoms. The van der Waals surface area contributed by atoms with Crippen molar-refractivity contribution in [2.75, 3.05) is 13.1 Å². The Labute approximate surface area is 173 Å². The minimum atomic E-state index is -0.906. The Morgan fingerprint density at radius 3 is 2.62 bits per heavy atom. The first kappa shape index (κ1) is 22.6. The second-order valence-electron chi connectivity index (χ2n) is 6.85. The molecule has 0 radical (unpaired) electrons. The summed E-state index contributed by atoms with van der Waals surface area (Å²) in [5, 5.41) is 18.4. The molecule has 9 nitrogen and oxygen atoms in total. The predicted octanol–water partition coefficient (Wildman–Crippen LogP) is -0.441. The number of amides is 4. The van der Waals surface area contributed by atoms with E-state index in [1.54, 1.807) is 24.3 Å². The summed E-state index contributed by atoms with van der Waals surface area (Å²) >= 11 is 5.85. The van der Waals surface area contributed by atoms with Crippen molar-refractivity contribution in [1.82, 2.24) is 20.9 Å². The summed E-state index contributed by atoms with van der Waals surface area (Å²) in [7, 11) is 0. The highest BCUT2D eigenvalue weighted by atomic mass is 35.5. The number of benzene rings is 1. The third-order valence-corrected chi connectivity index (χ3v) is 4.83. The summed E-state index contributed by atoms with van der Waals surface area (Å²) in [5.74, 6) is -1.27. The quantitative estimate of drug-likeness (QED) is 0.315. The van der Waals surface area contributed by atoms with Crippen LogP contribution in [-0.2, 0) is 25.7 Å². The molecule has 0 spiro atoms. The molecule has 0 saturated carbocycles. The number of halogens is 1. The molecule has 1 aromatic carbocycles. The standard InChI is InChI=1S/C19H25ClN4O5/c1-12(26)23-16(6-7-21-11-25)19(29)24-10-15(27)8-17(24)18(28)22-9-13-2-4-14(20)5-3-13/h2-5,11,15-17,27H,6-10H2,1H3,(H,21,25)(H,22,28)(H,23,26)/t15-,16+,17+/m1/s1. The lowest BCUT2D eigenvalue weighted by Gasteiger charge is -2.28. The van der Waals surface area contributed by atoms with Crippen LogP contribution in [0.25, 0.3) is 0 Å². The van der Waals surface area contributed by atoms with E-state index in [1.165, 1.54) is 11.8 Å². The Balaban J connectivity index is 2.04. The van der Waals surface area contributed by atoms with Crippen LogP contribution < -0.4 is 16.0 Å². The lowest BCUT2D eigenvalue weighted by molar-refractivity contribution is -0.141. The minimum absolute atomic E-state index is 0.00490. The molecule has 1 fully saturated rings. The Morgan fingerprint density at radius 2 is 2.00 bits per heavy atom. The van der Waals surface area contributed by atoms with Gasteiger partial charge < -0.3 is 26.0 Å². The van der Waals surface area contributed by atoms with Crippen LogP contribution in [-0.4, -0.2) is 65.4 Å². The fourth-order valence-electron chi connectivity index (χ4n) is 3.20. The molecule has 3 atom stereocenters. The molecule has 1 saturated heterocycles. The lowest BCUT2D eigenvalue weighted by atomic mass is 10.1. The van der Waals surface area contributed by atoms with Crippen LogP contribution in [0.3, 0.4) is 0 Å². The largest absolute Gasteiger partial charge is 0.391 e. The van der Waals surface area contributed by atoms with Gasteiger partial charge in [0.25, 0.3) is 0 Å². The average molecular weight is 425 g/mol. The molecular formula is C19H25ClN4O5. The van der Waals surface area contributed by atoms with Gasteiger partial charge in [-0.25, -0.2) is 0 Å². The molecule has 0 bridgehead atoms. The zero-order chi connectivity index (χ0) is 21.4. The molecule has 0 unspecified atom stereocenters. The van der Waals surface area contributed by atoms with E-state index in [2.05, 4.69) is 16.0 Å². The number of carbonyl (C=O) groups is 4. The van der Waals surface area contributed by atoms with Crippen LogP contribution >= 0.6 is 11.6 Å². The summed E-state index contributed by atoms with van der Waals surface area (Å²) in [5.41, 5.74) is 0.843. The van der Waals surface area contributed by atoms with Crippen molar-refractivity contribution >= 4 is 35.7 Å². The molecule has 158 valence electrons. The molecule has 1 aliphatic heterocycles. The molecule has 10 heteroatoms. The van der Waals surface area contributed by atoms with Gasteiger partial charge in [-0.1, -0.05) is 23.7 Å². The smallest absolute Gasteiger partial charge is 0.245 e. The highest BCUT2D eigenvalue weighted by Crippen LogP contribution is 2.20. The molecule has 1 aliphatic rings. The van der Waals surface area contributed by atoms with Crippen molar-refractivity contribution in [3.05, 3.63) is 34.9 Å². The second-order valence-corrected chi connectivity index (χ2v) is 7.29. The number of nitrogens with one attached hydrogen (secondary N) is 3. The van der Waals surface area contributed by atoms with Crippen molar-refractivity contribution in [3.8, 4) is 0 Å². The van der Waals surface area contributed by atoms with Gasteiger partial charge in [-0.15, -0.1) is 0 Å². The maximum Gasteiger partial charge on any atom is 0.245 e. The van der Waals surface area contributed by atoms with E-state index in [0.717, 1.165) is 5.56 Å². The number of hydrogen-bond acceptors (Lipinski definition) is 5. The van der Waals surface area contributed by atoms with Crippen LogP contribution in [0.4, 0.5) is 0 Å². The van der Waals surface area contributed by atoms with E-state index in [-0.39, 0.29) is 32.5 Å². The maximum absolute atomic E-state index is 12.9. The molecule has 1 aromatic rings. The number of aliphatic hydroxyl groups is 1. The third-order valence-electron chi connectivity index (χ3n) is 4.58. The third kappa shape index (κ3) is 6.72. The van der Waals surface area contributed by atoms with Gasteiger partial charge in [0.2, 0.25) is 24.1 Å². The molecule has 1 heterocycles. The fourth-order valence-corrected chi connectivity index (χ4v) is 3.33. The molecule has 0 aromatic heterocycles. The van der Waals surface area contributed by atoms with Crippen LogP contribution in [0, 0.1) is 0 Å². The zero-order valence-electron chi connectivity index (χ0n) is 16.1. The summed E-state index contributed by atoms with van der Waals surface area (Å²) in [4.78, 5) is 48.8. The number of β-amino-alcohol motifs (C(OH)–C–C–N with tert-alkyl or cyclic N) is 1. The molecular weight excluding hydrogens is 400 g/mol. The van der Waals surface area contributed by atoms with Crippen LogP contribution in [0.2, 0.25) is 5.02 Å². The van der Waals surface area contributed by atoms with Crippen molar-refractivity contribution in [2.24, 2.45) is 0 Å². The topological polar surface area (TPSA) is 128 Å². The number of aliphatic hydroxyl groups excluding tert-OH is 1. The van der Waals surface area contributed by atoms with E-state index in [0.29, 0.717) is 11.4 Å². The van der Waals surface area contributed by atoms with Crippen LogP contribution in [0.1, 0.15) is 25.3 Å². The normalized spacial score (nSPS) is 19.3. The monoisotopic (exact) mass is 424 g/mol. The number of likely N-dealkylation sites (tertiary alicyclic amines) is 1. The minimum Gasteiger partial charge on any atom is -0.391 e. The van der Waals surface area contributed by atoms with E-state index in [9.17, 15) is 24.3 Å². The van der Waals surface area contributed by atoms with Crippen molar-refractivity contribution in [2.45, 2.75) is 44.5 Å². The fraction of sp³-hybridized carbons (Fsp3) is 0.474. The van der Waals surface area contributed by atoms with E-state index < -0.39 is 35.9 Å². The second kappa shape index (κ2) is 10.8. The van der Waals surface area contributed by atoms with E-state index in [1.807, 2.05) is 0 Å². The molecule has 4 N–H and O–H groups in total. The van der Waals surface area contributed by atoms with Gasteiger partial charge in [0.05, 0.1) is 6.10 Å². The summed E-state index contributed by atoms with van der Waals surface area (Å²) in [6.07, 6.45) is -0.0566. The molecule has 0 aliphatic carbocycles. The summed E-state index contributed by atoms with van der Waals surface area (Å²) < 4.78 is 0. The maximum atomic E-state index is 12.9. The van der Waals surface area contributed by atoms with Gasteiger partial charge in [0, 0.05) is 38.0 Å². The predicted molar refractivity (Wildman–Crippen MR) is 106 cm³/mol. The number of rotatable bonds is 9. The lowest BCUT2D eigenvalue weighted by Crippen LogP contribution is -2.53. The Kier molecular flexibility index (Phi) is 8.41. The van der Waals surface area contributed by atoms with Gasteiger partial charge in [0.15, 0.2) is 0 Å². The Morgan fingerprint density at radius 1 is 1.31 bits per heavy atom. The number of hydrogen-bond donors (Lipinski definition) is 4. The highest BCUT2D eigenvalue weighted by Gasteiger charge is 2.41. The molecule has 2 rings (SSSR count). The first-order valence-electron chi connectivity index (χ1n) is 9.26. The highest BCUT2D eigenvalue weighted by molar-refractivity contribution is 6.30. The SMILES string of the molecule is CC(=O)N[C@@H](CCNC=O)C(=O)N1C[C@H](O)C[C@H]1C(=O)NCc1ccc(Cl)cc1. The molecule has 4 amide bonds. The Bertz CT molecular complexity index is 743. The first-order chi connectivity index (χ1) is 13.8. The van der Waals surface area contributed by atoms with Gasteiger partial charge in [0.1, 0.15) is 12.1 Å².